The van der Waals surface area contributed by atoms with Gasteiger partial charge in [-0.15, -0.1) is 0 Å². The van der Waals surface area contributed by atoms with Crippen LogP contribution >= 0.6 is 23.2 Å². The van der Waals surface area contributed by atoms with E-state index in [4.69, 9.17) is 32.9 Å². The fraction of sp³-hybridized carbons (Fsp3) is 0.108. The fourth-order valence-electron chi connectivity index (χ4n) is 6.34. The monoisotopic (exact) mass is 913 g/mol. The lowest BCUT2D eigenvalue weighted by Gasteiger charge is -2.25. The Labute approximate surface area is 352 Å². The van der Waals surface area contributed by atoms with Gasteiger partial charge in [0.1, 0.15) is 10.6 Å². The average Bonchev–Trinajstić information content (AvgIpc) is 3.18. The molecular formula is C37H31Cl2N8O10S3+. The molecular weight excluding hydrogens is 884 g/mol. The van der Waals surface area contributed by atoms with Crippen molar-refractivity contribution in [3.05, 3.63) is 124 Å². The number of hydrogen-bond donors (Lipinski definition) is 5. The SMILES string of the molecule is CCN(Cc1cccc(S(=O)(=O)O)c1)c1ccc2nc3ccc(=[N+]=C4C=CC(Nc5nc(Cl)nc(Cl)n5)=CC4=S(=O)(O)O)cc-3n(-c3ccc(OC)c(S(=O)(=O)O)c3)c2c1. The predicted octanol–water partition coefficient (Wildman–Crippen LogP) is 4.53. The van der Waals surface area contributed by atoms with Gasteiger partial charge in [0.15, 0.2) is 4.86 Å². The molecule has 3 aliphatic rings. The lowest BCUT2D eigenvalue weighted by Crippen LogP contribution is -2.27. The minimum absolute atomic E-state index is 0.0796. The van der Waals surface area contributed by atoms with Crippen LogP contribution in [0.2, 0.25) is 10.6 Å². The minimum Gasteiger partial charge on any atom is -0.495 e. The topological polar surface area (TPSA) is 261 Å². The smallest absolute Gasteiger partial charge is 0.347 e. The van der Waals surface area contributed by atoms with Gasteiger partial charge in [-0.3, -0.25) is 18.2 Å². The number of halogens is 2. The molecule has 1 aliphatic heterocycles. The van der Waals surface area contributed by atoms with E-state index in [1.54, 1.807) is 47.0 Å². The third kappa shape index (κ3) is 9.20. The van der Waals surface area contributed by atoms with Gasteiger partial charge >= 0.3 is 11.1 Å². The van der Waals surface area contributed by atoms with Crippen molar-refractivity contribution in [1.82, 2.24) is 29.2 Å². The molecule has 1 aromatic heterocycles. The number of fused-ring (bicyclic) bond motifs is 2. The molecule has 0 bridgehead atoms. The predicted molar refractivity (Wildman–Crippen MR) is 226 cm³/mol. The number of rotatable bonds is 10. The van der Waals surface area contributed by atoms with Gasteiger partial charge in [0, 0.05) is 42.3 Å². The summed E-state index contributed by atoms with van der Waals surface area (Å²) in [6.07, 6.45) is 4.01. The Morgan fingerprint density at radius 1 is 0.833 bits per heavy atom. The number of nitrogens with zero attached hydrogens (tertiary/aromatic N) is 7. The summed E-state index contributed by atoms with van der Waals surface area (Å²) in [4.78, 5) is 17.0. The molecule has 0 fully saturated rings. The number of benzene rings is 4. The summed E-state index contributed by atoms with van der Waals surface area (Å²) < 4.78 is 114. The van der Waals surface area contributed by atoms with E-state index < -0.39 is 40.1 Å². The van der Waals surface area contributed by atoms with Gasteiger partial charge in [-0.2, -0.15) is 31.8 Å². The minimum atomic E-state index is -4.80. The maximum Gasteiger partial charge on any atom is 0.347 e. The molecule has 7 rings (SSSR count). The molecule has 23 heteroatoms. The van der Waals surface area contributed by atoms with Crippen LogP contribution in [0.1, 0.15) is 12.5 Å². The fourth-order valence-corrected chi connectivity index (χ4v) is 8.59. The number of anilines is 2. The maximum atomic E-state index is 12.8. The van der Waals surface area contributed by atoms with Gasteiger partial charge in [-0.25, -0.2) is 9.19 Å². The zero-order valence-electron chi connectivity index (χ0n) is 31.0. The van der Waals surface area contributed by atoms with Crippen LogP contribution in [-0.2, 0) is 36.9 Å². The van der Waals surface area contributed by atoms with E-state index >= 15 is 0 Å². The van der Waals surface area contributed by atoms with Crippen LogP contribution in [0, 0.1) is 0 Å². The normalized spacial score (nSPS) is 13.4. The van der Waals surface area contributed by atoms with Crippen LogP contribution < -0.4 is 25.0 Å². The Morgan fingerprint density at radius 3 is 2.25 bits per heavy atom. The molecule has 0 amide bonds. The van der Waals surface area contributed by atoms with Crippen LogP contribution in [-0.4, -0.2) is 88.0 Å². The lowest BCUT2D eigenvalue weighted by atomic mass is 10.1. The van der Waals surface area contributed by atoms with E-state index in [1.807, 2.05) is 17.9 Å². The number of aromatic nitrogens is 5. The van der Waals surface area contributed by atoms with E-state index in [0.717, 1.165) is 6.08 Å². The van der Waals surface area contributed by atoms with Gasteiger partial charge in [-0.1, -0.05) is 16.8 Å². The number of allylic oxidation sites excluding steroid dienone is 3. The molecule has 0 radical (unpaired) electrons. The number of methoxy groups -OCH3 is 1. The first-order chi connectivity index (χ1) is 28.3. The van der Waals surface area contributed by atoms with E-state index in [2.05, 4.69) is 24.9 Å². The van der Waals surface area contributed by atoms with E-state index in [0.29, 0.717) is 40.2 Å². The van der Waals surface area contributed by atoms with E-state index in [-0.39, 0.29) is 56.2 Å². The van der Waals surface area contributed by atoms with Crippen molar-refractivity contribution in [2.24, 2.45) is 0 Å². The Bertz CT molecular complexity index is 3220. The summed E-state index contributed by atoms with van der Waals surface area (Å²) in [5.41, 5.74) is 3.27. The first-order valence-electron chi connectivity index (χ1n) is 17.3. The molecule has 2 heterocycles. The Morgan fingerprint density at radius 2 is 1.58 bits per heavy atom. The number of ether oxygens (including phenoxy) is 1. The number of hydrogen-bond acceptors (Lipinski definition) is 12. The second-order valence-electron chi connectivity index (χ2n) is 12.9. The molecule has 0 saturated carbocycles. The summed E-state index contributed by atoms with van der Waals surface area (Å²) in [6.45, 7) is 2.58. The van der Waals surface area contributed by atoms with E-state index in [1.165, 1.54) is 49.6 Å². The van der Waals surface area contributed by atoms with Gasteiger partial charge in [0.2, 0.25) is 26.6 Å². The van der Waals surface area contributed by atoms with Crippen LogP contribution in [0.5, 0.6) is 5.75 Å². The highest BCUT2D eigenvalue weighted by Gasteiger charge is 2.26. The summed E-state index contributed by atoms with van der Waals surface area (Å²) in [5.74, 6) is -0.196. The standard InChI is InChI=1S/C37H30Cl2N8O10S3/c1-3-46(20-21-5-4-6-26(15-21)58(48,49)50)24-9-13-28-31(18-24)47(25-10-14-32(57-2)34(19-25)60(54,55)56)30-16-22(7-11-27(30)42-28)40-29-12-8-23(17-33(29)59(51,52)53)41-37-44-35(38)43-36(39)45-37/h4-19H,3,20H2,1-2H3,(H4,41,42,43,44,45,48,49,50,51,52,53,54,55,56)/p+1. The highest BCUT2D eigenvalue weighted by atomic mass is 35.5. The van der Waals surface area contributed by atoms with Crippen LogP contribution in [0.25, 0.3) is 28.1 Å². The Balaban J connectivity index is 1.44. The first-order valence-corrected chi connectivity index (χ1v) is 22.4. The second-order valence-corrected chi connectivity index (χ2v) is 17.8. The summed E-state index contributed by atoms with van der Waals surface area (Å²) in [5, 5.41) is 2.58. The van der Waals surface area contributed by atoms with Crippen molar-refractivity contribution in [3.63, 3.8) is 0 Å². The summed E-state index contributed by atoms with van der Waals surface area (Å²) >= 11 is 11.7. The molecule has 0 unspecified atom stereocenters. The van der Waals surface area contributed by atoms with Crippen molar-refractivity contribution in [2.45, 2.75) is 23.3 Å². The highest BCUT2D eigenvalue weighted by Crippen LogP contribution is 2.34. The lowest BCUT2D eigenvalue weighted by molar-refractivity contribution is 0.397. The molecule has 2 aliphatic carbocycles. The van der Waals surface area contributed by atoms with Gasteiger partial charge in [-0.05, 0) is 102 Å². The number of nitrogens with one attached hydrogen (secondary N) is 1. The summed E-state index contributed by atoms with van der Waals surface area (Å²) in [6, 6.07) is 20.2. The molecule has 4 aromatic rings. The van der Waals surface area contributed by atoms with Crippen molar-refractivity contribution < 1.29 is 44.0 Å². The van der Waals surface area contributed by atoms with Crippen molar-refractivity contribution in [2.75, 3.05) is 23.9 Å². The van der Waals surface area contributed by atoms with Crippen LogP contribution in [0.15, 0.2) is 113 Å². The van der Waals surface area contributed by atoms with E-state index in [9.17, 15) is 39.3 Å². The molecule has 5 N–H and O–H groups in total. The third-order valence-corrected chi connectivity index (χ3v) is 11.9. The molecule has 0 saturated heterocycles. The van der Waals surface area contributed by atoms with Crippen molar-refractivity contribution in [1.29, 1.82) is 0 Å². The zero-order chi connectivity index (χ0) is 43.1. The molecule has 60 heavy (non-hydrogen) atoms. The Kier molecular flexibility index (Phi) is 11.6. The Hall–Kier alpha value is -5.71. The van der Waals surface area contributed by atoms with Crippen molar-refractivity contribution >= 4 is 86.8 Å². The van der Waals surface area contributed by atoms with Crippen LogP contribution in [0.3, 0.4) is 0 Å². The quantitative estimate of drug-likeness (QED) is 0.0547. The highest BCUT2D eigenvalue weighted by molar-refractivity contribution is 7.93. The molecule has 18 nitrogen and oxygen atoms in total. The second kappa shape index (κ2) is 16.4. The zero-order valence-corrected chi connectivity index (χ0v) is 35.0. The largest absolute Gasteiger partial charge is 0.495 e. The van der Waals surface area contributed by atoms with Crippen molar-refractivity contribution in [3.8, 4) is 22.8 Å². The van der Waals surface area contributed by atoms with Gasteiger partial charge in [0.05, 0.1) is 40.5 Å². The van der Waals surface area contributed by atoms with Gasteiger partial charge < -0.3 is 19.5 Å². The molecule has 0 spiro atoms. The first kappa shape index (κ1) is 42.4. The summed E-state index contributed by atoms with van der Waals surface area (Å²) in [7, 11) is -12.6. The average molecular weight is 915 g/mol. The molecule has 3 aromatic carbocycles. The molecule has 0 atom stereocenters. The third-order valence-electron chi connectivity index (χ3n) is 8.97. The van der Waals surface area contributed by atoms with Gasteiger partial charge in [0.25, 0.3) is 20.2 Å². The molecule has 310 valence electrons. The van der Waals surface area contributed by atoms with Crippen LogP contribution in [0.4, 0.5) is 11.6 Å². The maximum absolute atomic E-state index is 12.8.